The van der Waals surface area contributed by atoms with Gasteiger partial charge in [-0.1, -0.05) is 6.92 Å². The third-order valence-corrected chi connectivity index (χ3v) is 2.71. The topological polar surface area (TPSA) is 49.7 Å². The summed E-state index contributed by atoms with van der Waals surface area (Å²) >= 11 is 0. The van der Waals surface area contributed by atoms with Gasteiger partial charge < -0.3 is 14.9 Å². The zero-order valence-corrected chi connectivity index (χ0v) is 7.05. The van der Waals surface area contributed by atoms with Gasteiger partial charge in [-0.2, -0.15) is 0 Å². The third-order valence-electron chi connectivity index (χ3n) is 1.95. The maximum absolute atomic E-state index is 9.33. The van der Waals surface area contributed by atoms with Crippen LogP contribution in [0.25, 0.3) is 0 Å². The zero-order valence-electron chi connectivity index (χ0n) is 5.90. The molecule has 0 aromatic rings. The third kappa shape index (κ3) is 1.32. The van der Waals surface area contributed by atoms with Crippen molar-refractivity contribution >= 4 is 9.24 Å². The van der Waals surface area contributed by atoms with E-state index in [4.69, 9.17) is 9.84 Å². The molecule has 4 heteroatoms. The van der Waals surface area contributed by atoms with Crippen LogP contribution in [0.3, 0.4) is 0 Å². The fourth-order valence-electron chi connectivity index (χ4n) is 1.09. The van der Waals surface area contributed by atoms with E-state index in [1.165, 1.54) is 0 Å². The van der Waals surface area contributed by atoms with Crippen LogP contribution in [0.15, 0.2) is 0 Å². The molecule has 60 valence electrons. The molecule has 5 atom stereocenters. The number of hydrogen-bond donors (Lipinski definition) is 2. The zero-order chi connectivity index (χ0) is 7.72. The van der Waals surface area contributed by atoms with E-state index in [1.54, 1.807) is 0 Å². The Hall–Kier alpha value is 0.310. The van der Waals surface area contributed by atoms with Gasteiger partial charge in [-0.05, 0) is 0 Å². The van der Waals surface area contributed by atoms with Gasteiger partial charge in [0.25, 0.3) is 0 Å². The Balaban J connectivity index is 2.53. The molecule has 0 aromatic heterocycles. The lowest BCUT2D eigenvalue weighted by Crippen LogP contribution is -2.27. The fourth-order valence-corrected chi connectivity index (χ4v) is 1.52. The predicted molar refractivity (Wildman–Crippen MR) is 40.6 cm³/mol. The summed E-state index contributed by atoms with van der Waals surface area (Å²) in [4.78, 5) is 0. The van der Waals surface area contributed by atoms with Gasteiger partial charge in [0.15, 0.2) is 0 Å². The molecule has 0 radical (unpaired) electrons. The standard InChI is InChI=1S/C6H13O3P/c1-3-5(8)4(2-7)9-6(3)10/h3-8H,2,10H2,1H3. The SMILES string of the molecule is CC1C(P)OC(CO)C1O. The van der Waals surface area contributed by atoms with E-state index in [9.17, 15) is 5.11 Å². The molecule has 1 heterocycles. The van der Waals surface area contributed by atoms with Crippen LogP contribution < -0.4 is 0 Å². The quantitative estimate of drug-likeness (QED) is 0.517. The van der Waals surface area contributed by atoms with Crippen LogP contribution in [-0.2, 0) is 4.74 Å². The second-order valence-corrected chi connectivity index (χ2v) is 3.33. The Bertz CT molecular complexity index is 120. The molecule has 0 aliphatic carbocycles. The van der Waals surface area contributed by atoms with Crippen LogP contribution in [0, 0.1) is 5.92 Å². The molecule has 1 aliphatic rings. The molecular weight excluding hydrogens is 151 g/mol. The van der Waals surface area contributed by atoms with E-state index in [0.29, 0.717) is 0 Å². The van der Waals surface area contributed by atoms with Crippen molar-refractivity contribution in [2.75, 3.05) is 6.61 Å². The lowest BCUT2D eigenvalue weighted by atomic mass is 10.1. The van der Waals surface area contributed by atoms with Gasteiger partial charge in [0, 0.05) is 5.92 Å². The van der Waals surface area contributed by atoms with E-state index in [2.05, 4.69) is 9.24 Å². The highest BCUT2D eigenvalue weighted by molar-refractivity contribution is 7.17. The minimum atomic E-state index is -0.521. The molecule has 0 spiro atoms. The summed E-state index contributed by atoms with van der Waals surface area (Å²) in [6, 6.07) is 0. The number of rotatable bonds is 1. The van der Waals surface area contributed by atoms with E-state index in [0.717, 1.165) is 0 Å². The first kappa shape index (κ1) is 8.41. The van der Waals surface area contributed by atoms with Crippen molar-refractivity contribution in [1.29, 1.82) is 0 Å². The maximum atomic E-state index is 9.33. The molecule has 5 unspecified atom stereocenters. The van der Waals surface area contributed by atoms with Crippen molar-refractivity contribution in [2.24, 2.45) is 5.92 Å². The fraction of sp³-hybridized carbons (Fsp3) is 1.00. The van der Waals surface area contributed by atoms with Crippen LogP contribution in [0.4, 0.5) is 0 Å². The van der Waals surface area contributed by atoms with Crippen molar-refractivity contribution in [3.8, 4) is 0 Å². The monoisotopic (exact) mass is 164 g/mol. The van der Waals surface area contributed by atoms with Crippen molar-refractivity contribution in [3.63, 3.8) is 0 Å². The van der Waals surface area contributed by atoms with Gasteiger partial charge in [-0.3, -0.25) is 0 Å². The molecule has 10 heavy (non-hydrogen) atoms. The van der Waals surface area contributed by atoms with Gasteiger partial charge in [-0.15, -0.1) is 9.24 Å². The summed E-state index contributed by atoms with van der Waals surface area (Å²) in [7, 11) is 2.50. The number of hydrogen-bond acceptors (Lipinski definition) is 3. The second-order valence-electron chi connectivity index (χ2n) is 2.67. The van der Waals surface area contributed by atoms with E-state index < -0.39 is 12.2 Å². The highest BCUT2D eigenvalue weighted by atomic mass is 31.0. The largest absolute Gasteiger partial charge is 0.394 e. The van der Waals surface area contributed by atoms with Gasteiger partial charge in [0.2, 0.25) is 0 Å². The first-order valence-electron chi connectivity index (χ1n) is 3.36. The summed E-state index contributed by atoms with van der Waals surface area (Å²) in [5.41, 5.74) is 0. The Kier molecular flexibility index (Phi) is 2.64. The highest BCUT2D eigenvalue weighted by Gasteiger charge is 2.37. The Morgan fingerprint density at radius 2 is 2.20 bits per heavy atom. The highest BCUT2D eigenvalue weighted by Crippen LogP contribution is 2.30. The molecule has 0 aromatic carbocycles. The molecule has 0 bridgehead atoms. The average Bonchev–Trinajstić information content (AvgIpc) is 2.17. The van der Waals surface area contributed by atoms with E-state index in [-0.39, 0.29) is 18.4 Å². The van der Waals surface area contributed by atoms with Crippen molar-refractivity contribution in [3.05, 3.63) is 0 Å². The average molecular weight is 164 g/mol. The van der Waals surface area contributed by atoms with Crippen LogP contribution in [0.1, 0.15) is 6.92 Å². The van der Waals surface area contributed by atoms with Crippen LogP contribution in [0.5, 0.6) is 0 Å². The lowest BCUT2D eigenvalue weighted by Gasteiger charge is -2.11. The molecule has 2 N–H and O–H groups in total. The number of ether oxygens (including phenoxy) is 1. The number of aliphatic hydroxyl groups excluding tert-OH is 2. The maximum Gasteiger partial charge on any atom is 0.108 e. The summed E-state index contributed by atoms with van der Waals surface area (Å²) in [5, 5.41) is 18.0. The summed E-state index contributed by atoms with van der Waals surface area (Å²) in [6.45, 7) is 1.80. The van der Waals surface area contributed by atoms with Crippen LogP contribution in [0.2, 0.25) is 0 Å². The lowest BCUT2D eigenvalue weighted by molar-refractivity contribution is -0.00368. The van der Waals surface area contributed by atoms with Gasteiger partial charge >= 0.3 is 0 Å². The smallest absolute Gasteiger partial charge is 0.108 e. The van der Waals surface area contributed by atoms with Crippen LogP contribution in [-0.4, -0.2) is 34.9 Å². The normalized spacial score (nSPS) is 48.0. The predicted octanol–water partition coefficient (Wildman–Crippen LogP) is -0.424. The Morgan fingerprint density at radius 3 is 2.40 bits per heavy atom. The summed E-state index contributed by atoms with van der Waals surface area (Å²) in [6.07, 6.45) is -0.912. The molecule has 1 aliphatic heterocycles. The molecular formula is C6H13O3P. The van der Waals surface area contributed by atoms with Crippen molar-refractivity contribution < 1.29 is 14.9 Å². The molecule has 0 saturated carbocycles. The van der Waals surface area contributed by atoms with Gasteiger partial charge in [0.1, 0.15) is 6.10 Å². The Morgan fingerprint density at radius 1 is 1.60 bits per heavy atom. The minimum Gasteiger partial charge on any atom is -0.394 e. The van der Waals surface area contributed by atoms with E-state index in [1.807, 2.05) is 6.92 Å². The number of aliphatic hydroxyl groups is 2. The van der Waals surface area contributed by atoms with Crippen LogP contribution >= 0.6 is 9.24 Å². The first-order valence-corrected chi connectivity index (χ1v) is 4.03. The Labute approximate surface area is 62.6 Å². The first-order chi connectivity index (χ1) is 4.66. The summed E-state index contributed by atoms with van der Waals surface area (Å²) in [5.74, 6) is 0.0781. The van der Waals surface area contributed by atoms with Gasteiger partial charge in [0.05, 0.1) is 18.6 Å². The summed E-state index contributed by atoms with van der Waals surface area (Å²) < 4.78 is 5.20. The molecule has 1 rings (SSSR count). The molecule has 3 nitrogen and oxygen atoms in total. The minimum absolute atomic E-state index is 0.0212. The van der Waals surface area contributed by atoms with Crippen molar-refractivity contribution in [2.45, 2.75) is 25.0 Å². The molecule has 1 fully saturated rings. The van der Waals surface area contributed by atoms with E-state index >= 15 is 0 Å². The second kappa shape index (κ2) is 3.14. The molecule has 1 saturated heterocycles. The van der Waals surface area contributed by atoms with Gasteiger partial charge in [-0.25, -0.2) is 0 Å². The molecule has 0 amide bonds. The van der Waals surface area contributed by atoms with Crippen molar-refractivity contribution in [1.82, 2.24) is 0 Å².